The molecule has 0 atom stereocenters. The van der Waals surface area contributed by atoms with E-state index >= 15 is 0 Å². The molecule has 5 nitrogen and oxygen atoms in total. The van der Waals surface area contributed by atoms with Gasteiger partial charge < -0.3 is 5.32 Å². The summed E-state index contributed by atoms with van der Waals surface area (Å²) in [6.45, 7) is 3.74. The van der Waals surface area contributed by atoms with E-state index in [-0.39, 0.29) is 0 Å². The van der Waals surface area contributed by atoms with E-state index in [1.54, 1.807) is 28.4 Å². The first-order chi connectivity index (χ1) is 8.79. The number of nitrogens with zero attached hydrogens (tertiary/aromatic N) is 4. The first kappa shape index (κ1) is 11.7. The molecular weight excluding hydrogens is 270 g/mol. The highest BCUT2D eigenvalue weighted by Crippen LogP contribution is 2.21. The van der Waals surface area contributed by atoms with Gasteiger partial charge in [-0.3, -0.25) is 4.40 Å². The number of hydrogen-bond donors (Lipinski definition) is 1. The van der Waals surface area contributed by atoms with Gasteiger partial charge in [0.15, 0.2) is 10.8 Å². The summed E-state index contributed by atoms with van der Waals surface area (Å²) in [6.07, 6.45) is 5.41. The minimum atomic E-state index is 0.612. The number of thiazole rings is 1. The molecule has 0 aliphatic rings. The Hall–Kier alpha value is -1.37. The number of nitrogens with one attached hydrogen (secondary N) is 1. The summed E-state index contributed by atoms with van der Waals surface area (Å²) >= 11 is 7.52. The number of aromatic nitrogens is 4. The van der Waals surface area contributed by atoms with E-state index in [0.29, 0.717) is 5.02 Å². The SMILES string of the molecule is CCNCc1c(-n2cc(Cl)cn2)nc2sccn12. The van der Waals surface area contributed by atoms with Crippen LogP contribution in [0.1, 0.15) is 12.6 Å². The van der Waals surface area contributed by atoms with Crippen LogP contribution < -0.4 is 5.32 Å². The van der Waals surface area contributed by atoms with Gasteiger partial charge in [-0.2, -0.15) is 10.1 Å². The van der Waals surface area contributed by atoms with Crippen LogP contribution in [0.15, 0.2) is 24.0 Å². The van der Waals surface area contributed by atoms with Crippen LogP contribution in [0.4, 0.5) is 0 Å². The van der Waals surface area contributed by atoms with Crippen molar-refractivity contribution in [1.29, 1.82) is 0 Å². The Morgan fingerprint density at radius 1 is 1.50 bits per heavy atom. The molecule has 0 spiro atoms. The largest absolute Gasteiger partial charge is 0.311 e. The maximum absolute atomic E-state index is 5.91. The Balaban J connectivity index is 2.12. The standard InChI is InChI=1S/C11H12ClN5S/c1-2-13-6-9-10(17-7-8(12)5-14-17)15-11-16(9)3-4-18-11/h3-5,7,13H,2,6H2,1H3. The topological polar surface area (TPSA) is 47.2 Å². The van der Waals surface area contributed by atoms with E-state index in [4.69, 9.17) is 11.6 Å². The molecule has 0 aliphatic carbocycles. The van der Waals surface area contributed by atoms with Crippen molar-refractivity contribution in [2.24, 2.45) is 0 Å². The number of imidazole rings is 1. The van der Waals surface area contributed by atoms with Crippen molar-refractivity contribution < 1.29 is 0 Å². The Kier molecular flexibility index (Phi) is 3.07. The van der Waals surface area contributed by atoms with Crippen molar-refractivity contribution in [2.75, 3.05) is 6.54 Å². The molecule has 0 fully saturated rings. The summed E-state index contributed by atoms with van der Waals surface area (Å²) in [5.41, 5.74) is 1.09. The predicted octanol–water partition coefficient (Wildman–Crippen LogP) is 2.34. The molecule has 0 saturated heterocycles. The van der Waals surface area contributed by atoms with Gasteiger partial charge in [-0.05, 0) is 6.54 Å². The fraction of sp³-hybridized carbons (Fsp3) is 0.273. The molecule has 1 N–H and O–H groups in total. The molecule has 0 radical (unpaired) electrons. The van der Waals surface area contributed by atoms with E-state index in [1.165, 1.54) is 0 Å². The summed E-state index contributed by atoms with van der Waals surface area (Å²) in [4.78, 5) is 5.55. The van der Waals surface area contributed by atoms with E-state index in [2.05, 4.69) is 26.7 Å². The summed E-state index contributed by atoms with van der Waals surface area (Å²) in [5, 5.41) is 10.2. The Bertz CT molecular complexity index is 668. The molecule has 3 aromatic heterocycles. The van der Waals surface area contributed by atoms with Crippen LogP contribution >= 0.6 is 22.9 Å². The van der Waals surface area contributed by atoms with Crippen LogP contribution in [0.3, 0.4) is 0 Å². The lowest BCUT2D eigenvalue weighted by atomic mass is 10.4. The fourth-order valence-corrected chi connectivity index (χ4v) is 2.69. The fourth-order valence-electron chi connectivity index (χ4n) is 1.83. The zero-order valence-corrected chi connectivity index (χ0v) is 11.4. The highest BCUT2D eigenvalue weighted by atomic mass is 35.5. The highest BCUT2D eigenvalue weighted by Gasteiger charge is 2.15. The monoisotopic (exact) mass is 281 g/mol. The van der Waals surface area contributed by atoms with Gasteiger partial charge in [0.25, 0.3) is 0 Å². The maximum Gasteiger partial charge on any atom is 0.196 e. The number of hydrogen-bond acceptors (Lipinski definition) is 4. The van der Waals surface area contributed by atoms with Gasteiger partial charge >= 0.3 is 0 Å². The van der Waals surface area contributed by atoms with Crippen LogP contribution in [0.2, 0.25) is 5.02 Å². The van der Waals surface area contributed by atoms with Gasteiger partial charge in [0.2, 0.25) is 0 Å². The lowest BCUT2D eigenvalue weighted by Gasteiger charge is -2.04. The summed E-state index contributed by atoms with van der Waals surface area (Å²) in [7, 11) is 0. The van der Waals surface area contributed by atoms with Crippen molar-refractivity contribution >= 4 is 27.9 Å². The van der Waals surface area contributed by atoms with Crippen LogP contribution in [0, 0.1) is 0 Å². The summed E-state index contributed by atoms with van der Waals surface area (Å²) in [6, 6.07) is 0. The van der Waals surface area contributed by atoms with Gasteiger partial charge in [0, 0.05) is 18.1 Å². The number of halogens is 1. The van der Waals surface area contributed by atoms with Crippen molar-refractivity contribution in [3.63, 3.8) is 0 Å². The van der Waals surface area contributed by atoms with E-state index in [1.807, 2.05) is 11.6 Å². The smallest absolute Gasteiger partial charge is 0.196 e. The van der Waals surface area contributed by atoms with Crippen molar-refractivity contribution in [3.8, 4) is 5.82 Å². The Morgan fingerprint density at radius 2 is 2.39 bits per heavy atom. The van der Waals surface area contributed by atoms with E-state index in [0.717, 1.165) is 29.6 Å². The Morgan fingerprint density at radius 3 is 3.11 bits per heavy atom. The minimum Gasteiger partial charge on any atom is -0.311 e. The molecule has 0 bridgehead atoms. The molecule has 0 aromatic carbocycles. The van der Waals surface area contributed by atoms with Crippen molar-refractivity contribution in [2.45, 2.75) is 13.5 Å². The molecular formula is C11H12ClN5S. The van der Waals surface area contributed by atoms with Crippen LogP contribution in [0.5, 0.6) is 0 Å². The normalized spacial score (nSPS) is 11.4. The zero-order valence-electron chi connectivity index (χ0n) is 9.80. The van der Waals surface area contributed by atoms with Crippen LogP contribution in [-0.4, -0.2) is 25.7 Å². The van der Waals surface area contributed by atoms with Gasteiger partial charge in [-0.15, -0.1) is 11.3 Å². The summed E-state index contributed by atoms with van der Waals surface area (Å²) < 4.78 is 3.80. The number of rotatable bonds is 4. The second-order valence-corrected chi connectivity index (χ2v) is 5.13. The predicted molar refractivity (Wildman–Crippen MR) is 72.6 cm³/mol. The molecule has 3 heterocycles. The Labute approximate surface area is 113 Å². The van der Waals surface area contributed by atoms with E-state index < -0.39 is 0 Å². The second kappa shape index (κ2) is 4.72. The van der Waals surface area contributed by atoms with Crippen LogP contribution in [0.25, 0.3) is 10.8 Å². The second-order valence-electron chi connectivity index (χ2n) is 3.82. The van der Waals surface area contributed by atoms with Gasteiger partial charge in [-0.1, -0.05) is 18.5 Å². The average Bonchev–Trinajstić information content (AvgIpc) is 3.01. The third-order valence-corrected chi connectivity index (χ3v) is 3.60. The molecule has 0 aliphatic heterocycles. The van der Waals surface area contributed by atoms with Gasteiger partial charge in [0.05, 0.1) is 23.1 Å². The maximum atomic E-state index is 5.91. The third kappa shape index (κ3) is 1.92. The van der Waals surface area contributed by atoms with Gasteiger partial charge in [0.1, 0.15) is 0 Å². The highest BCUT2D eigenvalue weighted by molar-refractivity contribution is 7.15. The average molecular weight is 282 g/mol. The van der Waals surface area contributed by atoms with Crippen molar-refractivity contribution in [3.05, 3.63) is 34.7 Å². The lowest BCUT2D eigenvalue weighted by Crippen LogP contribution is -2.15. The first-order valence-corrected chi connectivity index (χ1v) is 6.91. The van der Waals surface area contributed by atoms with Crippen molar-refractivity contribution in [1.82, 2.24) is 24.5 Å². The molecule has 3 aromatic rings. The molecule has 0 amide bonds. The minimum absolute atomic E-state index is 0.612. The zero-order chi connectivity index (χ0) is 12.5. The molecule has 0 unspecified atom stereocenters. The molecule has 0 saturated carbocycles. The third-order valence-electron chi connectivity index (χ3n) is 2.65. The molecule has 7 heteroatoms. The lowest BCUT2D eigenvalue weighted by molar-refractivity contribution is 0.695. The van der Waals surface area contributed by atoms with Crippen LogP contribution in [-0.2, 0) is 6.54 Å². The number of fused-ring (bicyclic) bond motifs is 1. The summed E-state index contributed by atoms with van der Waals surface area (Å²) in [5.74, 6) is 0.828. The first-order valence-electron chi connectivity index (χ1n) is 5.65. The molecule has 3 rings (SSSR count). The molecule has 94 valence electrons. The molecule has 18 heavy (non-hydrogen) atoms. The van der Waals surface area contributed by atoms with Gasteiger partial charge in [-0.25, -0.2) is 4.68 Å². The van der Waals surface area contributed by atoms with E-state index in [9.17, 15) is 0 Å². The quantitative estimate of drug-likeness (QED) is 0.798.